The van der Waals surface area contributed by atoms with E-state index < -0.39 is 6.03 Å². The van der Waals surface area contributed by atoms with Crippen molar-refractivity contribution >= 4 is 12.0 Å². The lowest BCUT2D eigenvalue weighted by Crippen LogP contribution is -2.42. The zero-order chi connectivity index (χ0) is 15.5. The van der Waals surface area contributed by atoms with E-state index in [1.54, 1.807) is 4.90 Å². The first-order chi connectivity index (χ1) is 10.7. The van der Waals surface area contributed by atoms with Gasteiger partial charge in [-0.05, 0) is 43.2 Å². The lowest BCUT2D eigenvalue weighted by atomic mass is 9.83. The highest BCUT2D eigenvalue weighted by Crippen LogP contribution is 2.32. The summed E-state index contributed by atoms with van der Waals surface area (Å²) in [6.45, 7) is 0.907. The van der Waals surface area contributed by atoms with E-state index in [1.165, 1.54) is 5.56 Å². The van der Waals surface area contributed by atoms with Crippen molar-refractivity contribution in [3.8, 4) is 0 Å². The maximum absolute atomic E-state index is 12.4. The minimum atomic E-state index is -0.429. The lowest BCUT2D eigenvalue weighted by molar-refractivity contribution is -0.147. The molecule has 1 aliphatic heterocycles. The summed E-state index contributed by atoms with van der Waals surface area (Å²) < 4.78 is 5.51. The van der Waals surface area contributed by atoms with Crippen molar-refractivity contribution in [1.29, 1.82) is 0 Å². The molecule has 1 aliphatic carbocycles. The third-order valence-corrected chi connectivity index (χ3v) is 4.73. The highest BCUT2D eigenvalue weighted by Gasteiger charge is 2.31. The number of nitrogens with zero attached hydrogens (tertiary/aromatic N) is 1. The molecule has 2 N–H and O–H groups in total. The Balaban J connectivity index is 1.62. The van der Waals surface area contributed by atoms with Gasteiger partial charge in [-0.1, -0.05) is 24.3 Å². The Bertz CT molecular complexity index is 573. The summed E-state index contributed by atoms with van der Waals surface area (Å²) in [5, 5.41) is 0. The van der Waals surface area contributed by atoms with E-state index >= 15 is 0 Å². The van der Waals surface area contributed by atoms with Gasteiger partial charge < -0.3 is 15.4 Å². The van der Waals surface area contributed by atoms with Gasteiger partial charge in [-0.15, -0.1) is 0 Å². The molecule has 0 aromatic heterocycles. The van der Waals surface area contributed by atoms with E-state index in [4.69, 9.17) is 10.5 Å². The van der Waals surface area contributed by atoms with Gasteiger partial charge in [0.05, 0.1) is 12.0 Å². The summed E-state index contributed by atoms with van der Waals surface area (Å²) in [4.78, 5) is 25.4. The average Bonchev–Trinajstić information content (AvgIpc) is 3.01. The number of benzene rings is 1. The maximum atomic E-state index is 12.4. The minimum absolute atomic E-state index is 0.0692. The standard InChI is InChI=1S/C17H22N2O3/c18-17(21)19-10-4-7-13(19)11-22-16(20)15-9-3-6-12-5-1-2-8-14(12)15/h1-2,5,8,13,15H,3-4,6-7,9-11H2,(H2,18,21)/t13-,15-/m1/s1. The van der Waals surface area contributed by atoms with E-state index in [0.717, 1.165) is 37.7 Å². The topological polar surface area (TPSA) is 72.6 Å². The van der Waals surface area contributed by atoms with Crippen LogP contribution in [0.3, 0.4) is 0 Å². The van der Waals surface area contributed by atoms with Gasteiger partial charge in [-0.3, -0.25) is 4.79 Å². The van der Waals surface area contributed by atoms with Crippen molar-refractivity contribution < 1.29 is 14.3 Å². The summed E-state index contributed by atoms with van der Waals surface area (Å²) >= 11 is 0. The fraction of sp³-hybridized carbons (Fsp3) is 0.529. The van der Waals surface area contributed by atoms with Crippen LogP contribution < -0.4 is 5.73 Å². The van der Waals surface area contributed by atoms with Crippen molar-refractivity contribution in [3.05, 3.63) is 35.4 Å². The molecule has 1 aromatic carbocycles. The number of nitrogens with two attached hydrogens (primary N) is 1. The number of fused-ring (bicyclic) bond motifs is 1. The molecule has 1 saturated heterocycles. The first-order valence-corrected chi connectivity index (χ1v) is 7.97. The number of likely N-dealkylation sites (tertiary alicyclic amines) is 1. The molecule has 22 heavy (non-hydrogen) atoms. The SMILES string of the molecule is NC(=O)N1CCC[C@@H]1COC(=O)[C@@H]1CCCc2ccccc21. The number of amides is 2. The van der Waals surface area contributed by atoms with Crippen LogP contribution in [0.1, 0.15) is 42.7 Å². The van der Waals surface area contributed by atoms with E-state index in [0.29, 0.717) is 6.54 Å². The van der Waals surface area contributed by atoms with Gasteiger partial charge in [0.15, 0.2) is 0 Å². The largest absolute Gasteiger partial charge is 0.463 e. The first-order valence-electron chi connectivity index (χ1n) is 7.97. The van der Waals surface area contributed by atoms with E-state index in [1.807, 2.05) is 18.2 Å². The Morgan fingerprint density at radius 1 is 1.23 bits per heavy atom. The first kappa shape index (κ1) is 14.9. The zero-order valence-electron chi connectivity index (χ0n) is 12.7. The van der Waals surface area contributed by atoms with Gasteiger partial charge in [0, 0.05) is 6.54 Å². The number of aryl methyl sites for hydroxylation is 1. The summed E-state index contributed by atoms with van der Waals surface area (Å²) in [6, 6.07) is 7.58. The van der Waals surface area contributed by atoms with Crippen LogP contribution in [0.25, 0.3) is 0 Å². The second-order valence-electron chi connectivity index (χ2n) is 6.10. The molecule has 5 nitrogen and oxygen atoms in total. The van der Waals surface area contributed by atoms with Crippen LogP contribution in [0.2, 0.25) is 0 Å². The van der Waals surface area contributed by atoms with E-state index in [2.05, 4.69) is 6.07 Å². The third kappa shape index (κ3) is 2.93. The molecule has 1 fully saturated rings. The average molecular weight is 302 g/mol. The molecule has 5 heteroatoms. The predicted molar refractivity (Wildman–Crippen MR) is 82.4 cm³/mol. The number of urea groups is 1. The second kappa shape index (κ2) is 6.38. The Morgan fingerprint density at radius 3 is 2.86 bits per heavy atom. The van der Waals surface area contributed by atoms with Crippen LogP contribution in [-0.2, 0) is 16.0 Å². The molecule has 118 valence electrons. The number of hydrogen-bond donors (Lipinski definition) is 1. The Labute approximate surface area is 130 Å². The third-order valence-electron chi connectivity index (χ3n) is 4.73. The predicted octanol–water partition coefficient (Wildman–Crippen LogP) is 2.19. The zero-order valence-corrected chi connectivity index (χ0v) is 12.7. The Kier molecular flexibility index (Phi) is 4.32. The molecule has 2 amide bonds. The minimum Gasteiger partial charge on any atom is -0.463 e. The summed E-state index contributed by atoms with van der Waals surface area (Å²) in [5.74, 6) is -0.350. The van der Waals surface area contributed by atoms with Gasteiger partial charge in [0.25, 0.3) is 0 Å². The fourth-order valence-corrected chi connectivity index (χ4v) is 3.58. The van der Waals surface area contributed by atoms with Crippen molar-refractivity contribution in [2.45, 2.75) is 44.1 Å². The molecule has 1 heterocycles. The monoisotopic (exact) mass is 302 g/mol. The summed E-state index contributed by atoms with van der Waals surface area (Å²) in [5.41, 5.74) is 7.69. The summed E-state index contributed by atoms with van der Waals surface area (Å²) in [6.07, 6.45) is 4.63. The molecule has 0 saturated carbocycles. The number of carbonyl (C=O) groups excluding carboxylic acids is 2. The van der Waals surface area contributed by atoms with Gasteiger partial charge in [0.1, 0.15) is 6.61 Å². The molecule has 1 aromatic rings. The lowest BCUT2D eigenvalue weighted by Gasteiger charge is -2.26. The molecular weight excluding hydrogens is 280 g/mol. The van der Waals surface area contributed by atoms with Gasteiger partial charge in [-0.2, -0.15) is 0 Å². The number of hydrogen-bond acceptors (Lipinski definition) is 3. The molecule has 0 bridgehead atoms. The molecule has 0 unspecified atom stereocenters. The molecular formula is C17H22N2O3. The van der Waals surface area contributed by atoms with Gasteiger partial charge in [-0.25, -0.2) is 4.79 Å². The van der Waals surface area contributed by atoms with Crippen LogP contribution in [-0.4, -0.2) is 36.1 Å². The van der Waals surface area contributed by atoms with Crippen LogP contribution in [0.5, 0.6) is 0 Å². The molecule has 0 radical (unpaired) electrons. The quantitative estimate of drug-likeness (QED) is 0.870. The van der Waals surface area contributed by atoms with Gasteiger partial charge >= 0.3 is 12.0 Å². The Morgan fingerprint density at radius 2 is 2.05 bits per heavy atom. The number of esters is 1. The molecule has 3 rings (SSSR count). The number of primary amides is 1. The highest BCUT2D eigenvalue weighted by atomic mass is 16.5. The van der Waals surface area contributed by atoms with Crippen LogP contribution in [0, 0.1) is 0 Å². The van der Waals surface area contributed by atoms with Crippen molar-refractivity contribution in [3.63, 3.8) is 0 Å². The van der Waals surface area contributed by atoms with E-state index in [-0.39, 0.29) is 24.5 Å². The second-order valence-corrected chi connectivity index (χ2v) is 6.10. The van der Waals surface area contributed by atoms with E-state index in [9.17, 15) is 9.59 Å². The van der Waals surface area contributed by atoms with Crippen molar-refractivity contribution in [2.75, 3.05) is 13.2 Å². The molecule has 2 aliphatic rings. The Hall–Kier alpha value is -2.04. The highest BCUT2D eigenvalue weighted by molar-refractivity contribution is 5.79. The smallest absolute Gasteiger partial charge is 0.315 e. The molecule has 0 spiro atoms. The van der Waals surface area contributed by atoms with Crippen molar-refractivity contribution in [1.82, 2.24) is 4.90 Å². The summed E-state index contributed by atoms with van der Waals surface area (Å²) in [7, 11) is 0. The van der Waals surface area contributed by atoms with Crippen molar-refractivity contribution in [2.24, 2.45) is 5.73 Å². The van der Waals surface area contributed by atoms with Gasteiger partial charge in [0.2, 0.25) is 0 Å². The van der Waals surface area contributed by atoms with Crippen LogP contribution >= 0.6 is 0 Å². The molecule has 2 atom stereocenters. The fourth-order valence-electron chi connectivity index (χ4n) is 3.58. The number of ether oxygens (including phenoxy) is 1. The van der Waals surface area contributed by atoms with Crippen LogP contribution in [0.15, 0.2) is 24.3 Å². The number of rotatable bonds is 3. The number of carbonyl (C=O) groups is 2. The van der Waals surface area contributed by atoms with Crippen LogP contribution in [0.4, 0.5) is 4.79 Å². The normalized spacial score (nSPS) is 23.9. The maximum Gasteiger partial charge on any atom is 0.315 e.